The van der Waals surface area contributed by atoms with Crippen molar-refractivity contribution in [3.8, 4) is 0 Å². The summed E-state index contributed by atoms with van der Waals surface area (Å²) in [6.45, 7) is 11.3. The molecule has 1 unspecified atom stereocenters. The zero-order chi connectivity index (χ0) is 10.3. The highest BCUT2D eigenvalue weighted by Gasteiger charge is 2.24. The van der Waals surface area contributed by atoms with E-state index in [9.17, 15) is 0 Å². The Morgan fingerprint density at radius 1 is 1.23 bits per heavy atom. The van der Waals surface area contributed by atoms with Crippen LogP contribution in [0, 0.1) is 11.3 Å². The summed E-state index contributed by atoms with van der Waals surface area (Å²) in [5, 5.41) is 0. The van der Waals surface area contributed by atoms with E-state index < -0.39 is 0 Å². The van der Waals surface area contributed by atoms with Crippen LogP contribution in [-0.2, 0) is 9.47 Å². The third-order valence-electron chi connectivity index (χ3n) is 2.42. The lowest BCUT2D eigenvalue weighted by Gasteiger charge is -2.30. The summed E-state index contributed by atoms with van der Waals surface area (Å²) in [6.07, 6.45) is 1.08. The van der Waals surface area contributed by atoms with Gasteiger partial charge in [0.15, 0.2) is 0 Å². The molecule has 0 N–H and O–H groups in total. The standard InChI is InChI=1S/C11H24O2/c1-6-13-9-10(7-8-12-5)11(2,3)4/h10H,6-9H2,1-5H3. The lowest BCUT2D eigenvalue weighted by Crippen LogP contribution is -2.26. The molecule has 0 amide bonds. The van der Waals surface area contributed by atoms with Crippen LogP contribution in [0.25, 0.3) is 0 Å². The van der Waals surface area contributed by atoms with Crippen molar-refractivity contribution in [2.45, 2.75) is 34.1 Å². The van der Waals surface area contributed by atoms with Crippen LogP contribution >= 0.6 is 0 Å². The van der Waals surface area contributed by atoms with Crippen LogP contribution in [-0.4, -0.2) is 26.9 Å². The van der Waals surface area contributed by atoms with Gasteiger partial charge in [-0.3, -0.25) is 0 Å². The van der Waals surface area contributed by atoms with Crippen molar-refractivity contribution < 1.29 is 9.47 Å². The van der Waals surface area contributed by atoms with E-state index in [4.69, 9.17) is 9.47 Å². The van der Waals surface area contributed by atoms with E-state index in [2.05, 4.69) is 20.8 Å². The third-order valence-corrected chi connectivity index (χ3v) is 2.42. The molecule has 0 fully saturated rings. The average molecular weight is 188 g/mol. The van der Waals surface area contributed by atoms with Crippen molar-refractivity contribution >= 4 is 0 Å². The van der Waals surface area contributed by atoms with E-state index in [1.807, 2.05) is 6.92 Å². The first-order valence-electron chi connectivity index (χ1n) is 5.09. The summed E-state index contributed by atoms with van der Waals surface area (Å²) in [4.78, 5) is 0. The molecule has 13 heavy (non-hydrogen) atoms. The lowest BCUT2D eigenvalue weighted by molar-refractivity contribution is 0.0423. The van der Waals surface area contributed by atoms with Gasteiger partial charge in [-0.25, -0.2) is 0 Å². The molecule has 0 heterocycles. The van der Waals surface area contributed by atoms with E-state index in [1.165, 1.54) is 0 Å². The molecule has 0 aromatic rings. The second-order valence-corrected chi connectivity index (χ2v) is 4.50. The van der Waals surface area contributed by atoms with Crippen LogP contribution in [0.15, 0.2) is 0 Å². The monoisotopic (exact) mass is 188 g/mol. The topological polar surface area (TPSA) is 18.5 Å². The summed E-state index contributed by atoms with van der Waals surface area (Å²) in [6, 6.07) is 0. The summed E-state index contributed by atoms with van der Waals surface area (Å²) in [7, 11) is 1.75. The molecule has 2 heteroatoms. The van der Waals surface area contributed by atoms with Gasteiger partial charge in [0.2, 0.25) is 0 Å². The molecule has 0 aliphatic rings. The first-order chi connectivity index (χ1) is 6.02. The number of ether oxygens (including phenoxy) is 2. The normalized spacial score (nSPS) is 14.5. The summed E-state index contributed by atoms with van der Waals surface area (Å²) in [5.41, 5.74) is 0.313. The Morgan fingerprint density at radius 2 is 1.85 bits per heavy atom. The molecule has 0 aromatic carbocycles. The predicted molar refractivity (Wildman–Crippen MR) is 55.9 cm³/mol. The maximum atomic E-state index is 5.46. The fourth-order valence-electron chi connectivity index (χ4n) is 1.29. The summed E-state index contributed by atoms with van der Waals surface area (Å²) >= 11 is 0. The van der Waals surface area contributed by atoms with E-state index in [0.717, 1.165) is 26.2 Å². The van der Waals surface area contributed by atoms with E-state index in [-0.39, 0.29) is 0 Å². The van der Waals surface area contributed by atoms with Crippen LogP contribution in [0.3, 0.4) is 0 Å². The van der Waals surface area contributed by atoms with Gasteiger partial charge >= 0.3 is 0 Å². The molecule has 1 atom stereocenters. The maximum absolute atomic E-state index is 5.46. The fraction of sp³-hybridized carbons (Fsp3) is 1.00. The van der Waals surface area contributed by atoms with Gasteiger partial charge in [-0.2, -0.15) is 0 Å². The molecule has 0 radical (unpaired) electrons. The van der Waals surface area contributed by atoms with Crippen LogP contribution in [0.1, 0.15) is 34.1 Å². The SMILES string of the molecule is CCOCC(CCOC)C(C)(C)C. The predicted octanol–water partition coefficient (Wildman–Crippen LogP) is 2.72. The Balaban J connectivity index is 3.88. The Hall–Kier alpha value is -0.0800. The molecule has 0 spiro atoms. The minimum atomic E-state index is 0.313. The molecule has 0 bridgehead atoms. The first-order valence-corrected chi connectivity index (χ1v) is 5.09. The number of rotatable bonds is 6. The molecular formula is C11H24O2. The molecular weight excluding hydrogens is 164 g/mol. The minimum Gasteiger partial charge on any atom is -0.385 e. The maximum Gasteiger partial charge on any atom is 0.0499 e. The third kappa shape index (κ3) is 6.05. The molecule has 0 aliphatic carbocycles. The number of hydrogen-bond donors (Lipinski definition) is 0. The Kier molecular flexibility index (Phi) is 6.35. The van der Waals surface area contributed by atoms with Gasteiger partial charge in [-0.1, -0.05) is 20.8 Å². The fourth-order valence-corrected chi connectivity index (χ4v) is 1.29. The molecule has 80 valence electrons. The van der Waals surface area contributed by atoms with E-state index in [1.54, 1.807) is 7.11 Å². The smallest absolute Gasteiger partial charge is 0.0499 e. The zero-order valence-electron chi connectivity index (χ0n) is 9.72. The van der Waals surface area contributed by atoms with Crippen molar-refractivity contribution in [1.29, 1.82) is 0 Å². The lowest BCUT2D eigenvalue weighted by atomic mass is 9.79. The molecule has 0 saturated carbocycles. The minimum absolute atomic E-state index is 0.313. The van der Waals surface area contributed by atoms with E-state index in [0.29, 0.717) is 11.3 Å². The highest BCUT2D eigenvalue weighted by molar-refractivity contribution is 4.73. The second-order valence-electron chi connectivity index (χ2n) is 4.50. The van der Waals surface area contributed by atoms with Crippen LogP contribution in [0.2, 0.25) is 0 Å². The van der Waals surface area contributed by atoms with Gasteiger partial charge in [0.1, 0.15) is 0 Å². The van der Waals surface area contributed by atoms with Crippen LogP contribution in [0.4, 0.5) is 0 Å². The Morgan fingerprint density at radius 3 is 2.23 bits per heavy atom. The molecule has 0 rings (SSSR count). The first kappa shape index (κ1) is 12.9. The van der Waals surface area contributed by atoms with Crippen LogP contribution in [0.5, 0.6) is 0 Å². The average Bonchev–Trinajstić information content (AvgIpc) is 2.02. The van der Waals surface area contributed by atoms with Crippen molar-refractivity contribution in [3.05, 3.63) is 0 Å². The van der Waals surface area contributed by atoms with E-state index >= 15 is 0 Å². The molecule has 0 aromatic heterocycles. The van der Waals surface area contributed by atoms with Crippen molar-refractivity contribution in [2.24, 2.45) is 11.3 Å². The van der Waals surface area contributed by atoms with Gasteiger partial charge in [-0.15, -0.1) is 0 Å². The quantitative estimate of drug-likeness (QED) is 0.638. The highest BCUT2D eigenvalue weighted by Crippen LogP contribution is 2.28. The largest absolute Gasteiger partial charge is 0.385 e. The number of methoxy groups -OCH3 is 1. The van der Waals surface area contributed by atoms with Crippen molar-refractivity contribution in [2.75, 3.05) is 26.9 Å². The second kappa shape index (κ2) is 6.39. The zero-order valence-corrected chi connectivity index (χ0v) is 9.72. The molecule has 2 nitrogen and oxygen atoms in total. The molecule has 0 aliphatic heterocycles. The van der Waals surface area contributed by atoms with Gasteiger partial charge in [0.05, 0.1) is 0 Å². The van der Waals surface area contributed by atoms with Crippen molar-refractivity contribution in [1.82, 2.24) is 0 Å². The van der Waals surface area contributed by atoms with Crippen LogP contribution < -0.4 is 0 Å². The van der Waals surface area contributed by atoms with Gasteiger partial charge in [0, 0.05) is 26.9 Å². The summed E-state index contributed by atoms with van der Waals surface area (Å²) < 4.78 is 10.6. The Labute approximate surface area is 82.6 Å². The van der Waals surface area contributed by atoms with Crippen molar-refractivity contribution in [3.63, 3.8) is 0 Å². The van der Waals surface area contributed by atoms with Gasteiger partial charge in [0.25, 0.3) is 0 Å². The molecule has 0 saturated heterocycles. The van der Waals surface area contributed by atoms with Gasteiger partial charge < -0.3 is 9.47 Å². The summed E-state index contributed by atoms with van der Waals surface area (Å²) in [5.74, 6) is 0.590. The highest BCUT2D eigenvalue weighted by atomic mass is 16.5. The Bertz CT molecular complexity index is 108. The number of hydrogen-bond acceptors (Lipinski definition) is 2. The van der Waals surface area contributed by atoms with Gasteiger partial charge in [-0.05, 0) is 24.7 Å².